The van der Waals surface area contributed by atoms with Crippen molar-refractivity contribution in [2.45, 2.75) is 0 Å². The molecule has 2 heterocycles. The van der Waals surface area contributed by atoms with Gasteiger partial charge in [-0.25, -0.2) is 4.98 Å². The Morgan fingerprint density at radius 1 is 1.23 bits per heavy atom. The Labute approximate surface area is 166 Å². The lowest BCUT2D eigenvalue weighted by atomic mass is 10.2. The number of carbonyl (C=O) groups is 2. The molecule has 130 valence electrons. The van der Waals surface area contributed by atoms with Crippen LogP contribution in [0.3, 0.4) is 0 Å². The Morgan fingerprint density at radius 2 is 2.08 bits per heavy atom. The molecule has 2 aromatic heterocycles. The van der Waals surface area contributed by atoms with Gasteiger partial charge in [0, 0.05) is 26.5 Å². The summed E-state index contributed by atoms with van der Waals surface area (Å²) in [5, 5.41) is 9.64. The molecule has 3 aromatic rings. The number of thiophene rings is 1. The number of thiazole rings is 1. The van der Waals surface area contributed by atoms with Crippen molar-refractivity contribution in [1.29, 1.82) is 0 Å². The van der Waals surface area contributed by atoms with Crippen molar-refractivity contribution in [1.82, 2.24) is 10.3 Å². The Bertz CT molecular complexity index is 1000. The number of terminal acetylenes is 1. The number of rotatable bonds is 5. The molecular weight excluding hydrogens is 434 g/mol. The normalized spacial score (nSPS) is 10.2. The van der Waals surface area contributed by atoms with Gasteiger partial charge in [0.25, 0.3) is 5.91 Å². The van der Waals surface area contributed by atoms with Crippen molar-refractivity contribution in [2.24, 2.45) is 0 Å². The van der Waals surface area contributed by atoms with Crippen LogP contribution in [0.1, 0.15) is 16.1 Å². The van der Waals surface area contributed by atoms with Crippen molar-refractivity contribution in [2.75, 3.05) is 11.9 Å². The molecule has 0 aliphatic carbocycles. The third kappa shape index (κ3) is 4.58. The zero-order valence-corrected chi connectivity index (χ0v) is 16.5. The number of anilines is 1. The summed E-state index contributed by atoms with van der Waals surface area (Å²) in [7, 11) is 0. The van der Waals surface area contributed by atoms with Crippen molar-refractivity contribution in [3.63, 3.8) is 0 Å². The molecular formula is C18H12BrN3O2S2. The van der Waals surface area contributed by atoms with Crippen LogP contribution in [0.15, 0.2) is 45.6 Å². The highest BCUT2D eigenvalue weighted by atomic mass is 79.9. The SMILES string of the molecule is C#Cc1cccc(NC(=O)CNC(=O)c2csc(-c3cc(Br)cs3)n2)c1. The fourth-order valence-corrected chi connectivity index (χ4v) is 4.37. The molecule has 0 radical (unpaired) electrons. The number of nitrogens with one attached hydrogen (secondary N) is 2. The van der Waals surface area contributed by atoms with Gasteiger partial charge in [0.15, 0.2) is 0 Å². The van der Waals surface area contributed by atoms with E-state index >= 15 is 0 Å². The Hall–Kier alpha value is -2.47. The molecule has 0 aliphatic rings. The van der Waals surface area contributed by atoms with Crippen molar-refractivity contribution < 1.29 is 9.59 Å². The summed E-state index contributed by atoms with van der Waals surface area (Å²) in [4.78, 5) is 29.5. The number of nitrogens with zero attached hydrogens (tertiary/aromatic N) is 1. The first kappa shape index (κ1) is 18.3. The monoisotopic (exact) mass is 445 g/mol. The summed E-state index contributed by atoms with van der Waals surface area (Å²) in [6.07, 6.45) is 5.33. The van der Waals surface area contributed by atoms with Crippen LogP contribution in [-0.2, 0) is 4.79 Å². The van der Waals surface area contributed by atoms with Crippen LogP contribution in [-0.4, -0.2) is 23.3 Å². The second-order valence-electron chi connectivity index (χ2n) is 5.12. The number of aromatic nitrogens is 1. The zero-order valence-electron chi connectivity index (χ0n) is 13.3. The Kier molecular flexibility index (Phi) is 5.83. The largest absolute Gasteiger partial charge is 0.342 e. The molecule has 0 saturated heterocycles. The molecule has 8 heteroatoms. The molecule has 5 nitrogen and oxygen atoms in total. The molecule has 2 amide bonds. The average Bonchev–Trinajstić information content (AvgIpc) is 3.29. The van der Waals surface area contributed by atoms with E-state index in [0.29, 0.717) is 11.3 Å². The predicted octanol–water partition coefficient (Wildman–Crippen LogP) is 3.98. The van der Waals surface area contributed by atoms with E-state index in [4.69, 9.17) is 6.42 Å². The van der Waals surface area contributed by atoms with E-state index in [9.17, 15) is 9.59 Å². The Balaban J connectivity index is 1.56. The molecule has 1 aromatic carbocycles. The summed E-state index contributed by atoms with van der Waals surface area (Å²) in [5.41, 5.74) is 1.54. The van der Waals surface area contributed by atoms with Crippen LogP contribution < -0.4 is 10.6 Å². The van der Waals surface area contributed by atoms with E-state index in [1.807, 2.05) is 11.4 Å². The molecule has 0 bridgehead atoms. The summed E-state index contributed by atoms with van der Waals surface area (Å²) < 4.78 is 0.976. The van der Waals surface area contributed by atoms with Crippen LogP contribution >= 0.6 is 38.6 Å². The van der Waals surface area contributed by atoms with Crippen LogP contribution in [0.2, 0.25) is 0 Å². The maximum Gasteiger partial charge on any atom is 0.271 e. The van der Waals surface area contributed by atoms with Crippen LogP contribution in [0.5, 0.6) is 0 Å². The summed E-state index contributed by atoms with van der Waals surface area (Å²) in [5.74, 6) is 1.76. The van der Waals surface area contributed by atoms with Gasteiger partial charge < -0.3 is 10.6 Å². The van der Waals surface area contributed by atoms with E-state index in [1.54, 1.807) is 41.0 Å². The van der Waals surface area contributed by atoms with Gasteiger partial charge >= 0.3 is 0 Å². The van der Waals surface area contributed by atoms with E-state index in [2.05, 4.69) is 37.5 Å². The van der Waals surface area contributed by atoms with Gasteiger partial charge in [-0.1, -0.05) is 12.0 Å². The maximum absolute atomic E-state index is 12.2. The minimum atomic E-state index is -0.393. The van der Waals surface area contributed by atoms with Gasteiger partial charge in [-0.15, -0.1) is 29.1 Å². The van der Waals surface area contributed by atoms with Gasteiger partial charge in [-0.05, 0) is 40.2 Å². The predicted molar refractivity (Wildman–Crippen MR) is 108 cm³/mol. The summed E-state index contributed by atoms with van der Waals surface area (Å²) >= 11 is 6.32. The van der Waals surface area contributed by atoms with Gasteiger partial charge in [0.1, 0.15) is 10.7 Å². The van der Waals surface area contributed by atoms with Crippen molar-refractivity contribution in [3.8, 4) is 22.2 Å². The fourth-order valence-electron chi connectivity index (χ4n) is 2.06. The van der Waals surface area contributed by atoms with Crippen molar-refractivity contribution in [3.05, 3.63) is 56.8 Å². The molecule has 0 aliphatic heterocycles. The van der Waals surface area contributed by atoms with E-state index < -0.39 is 5.91 Å². The maximum atomic E-state index is 12.2. The third-order valence-electron chi connectivity index (χ3n) is 3.24. The molecule has 0 fully saturated rings. The number of carbonyl (C=O) groups excluding carboxylic acids is 2. The van der Waals surface area contributed by atoms with E-state index in [-0.39, 0.29) is 18.1 Å². The highest BCUT2D eigenvalue weighted by molar-refractivity contribution is 9.10. The lowest BCUT2D eigenvalue weighted by Gasteiger charge is -2.06. The molecule has 26 heavy (non-hydrogen) atoms. The van der Waals surface area contributed by atoms with Crippen LogP contribution in [0, 0.1) is 12.3 Å². The summed E-state index contributed by atoms with van der Waals surface area (Å²) in [6.45, 7) is -0.156. The quantitative estimate of drug-likeness (QED) is 0.583. The lowest BCUT2D eigenvalue weighted by Crippen LogP contribution is -2.33. The summed E-state index contributed by atoms with van der Waals surface area (Å²) in [6, 6.07) is 8.88. The highest BCUT2D eigenvalue weighted by Gasteiger charge is 2.14. The molecule has 0 spiro atoms. The average molecular weight is 446 g/mol. The number of benzene rings is 1. The third-order valence-corrected chi connectivity index (χ3v) is 5.94. The van der Waals surface area contributed by atoms with Gasteiger partial charge in [0.2, 0.25) is 5.91 Å². The first-order valence-corrected chi connectivity index (χ1v) is 9.95. The zero-order chi connectivity index (χ0) is 18.5. The Morgan fingerprint density at radius 3 is 2.81 bits per heavy atom. The lowest BCUT2D eigenvalue weighted by molar-refractivity contribution is -0.115. The second-order valence-corrected chi connectivity index (χ2v) is 7.81. The fraction of sp³-hybridized carbons (Fsp3) is 0.0556. The van der Waals surface area contributed by atoms with Gasteiger partial charge in [0.05, 0.1) is 11.4 Å². The smallest absolute Gasteiger partial charge is 0.271 e. The van der Waals surface area contributed by atoms with E-state index in [1.165, 1.54) is 11.3 Å². The molecule has 2 N–H and O–H groups in total. The topological polar surface area (TPSA) is 71.1 Å². The highest BCUT2D eigenvalue weighted by Crippen LogP contribution is 2.31. The van der Waals surface area contributed by atoms with Gasteiger partial charge in [-0.2, -0.15) is 0 Å². The van der Waals surface area contributed by atoms with Crippen LogP contribution in [0.25, 0.3) is 9.88 Å². The standard InChI is InChI=1S/C18H12BrN3O2S2/c1-2-11-4-3-5-13(6-11)21-16(23)8-20-17(24)14-10-26-18(22-14)15-7-12(19)9-25-15/h1,3-7,9-10H,8H2,(H,20,24)(H,21,23). The molecule has 0 unspecified atom stereocenters. The number of amides is 2. The number of hydrogen-bond donors (Lipinski definition) is 2. The molecule has 3 rings (SSSR count). The number of hydrogen-bond acceptors (Lipinski definition) is 5. The first-order valence-electron chi connectivity index (χ1n) is 7.40. The van der Waals surface area contributed by atoms with Crippen LogP contribution in [0.4, 0.5) is 5.69 Å². The minimum Gasteiger partial charge on any atom is -0.342 e. The van der Waals surface area contributed by atoms with Gasteiger partial charge in [-0.3, -0.25) is 9.59 Å². The van der Waals surface area contributed by atoms with E-state index in [0.717, 1.165) is 14.4 Å². The molecule has 0 atom stereocenters. The minimum absolute atomic E-state index is 0.156. The first-order chi connectivity index (χ1) is 12.5. The number of halogens is 1. The second kappa shape index (κ2) is 8.27. The van der Waals surface area contributed by atoms with Crippen molar-refractivity contribution >= 4 is 56.1 Å². The molecule has 0 saturated carbocycles.